The number of fused-ring (bicyclic) bond motifs is 1. The number of ether oxygens (including phenoxy) is 4. The van der Waals surface area contributed by atoms with Crippen molar-refractivity contribution < 1.29 is 18.9 Å². The van der Waals surface area contributed by atoms with Crippen molar-refractivity contribution in [3.8, 4) is 0 Å². The van der Waals surface area contributed by atoms with Gasteiger partial charge >= 0.3 is 0 Å². The zero-order valence-corrected chi connectivity index (χ0v) is 18.0. The molecule has 0 saturated carbocycles. The van der Waals surface area contributed by atoms with Crippen LogP contribution in [-0.2, 0) is 18.9 Å². The molecule has 0 N–H and O–H groups in total. The van der Waals surface area contributed by atoms with Crippen LogP contribution in [0.15, 0.2) is 52.6 Å². The second kappa shape index (κ2) is 9.53. The van der Waals surface area contributed by atoms with Gasteiger partial charge in [0.25, 0.3) is 0 Å². The number of nitrogens with zero attached hydrogens (tertiary/aromatic N) is 4. The van der Waals surface area contributed by atoms with Crippen molar-refractivity contribution >= 4 is 23.4 Å². The fourth-order valence-corrected chi connectivity index (χ4v) is 5.11. The fourth-order valence-electron chi connectivity index (χ4n) is 3.62. The van der Waals surface area contributed by atoms with Crippen LogP contribution >= 0.6 is 23.4 Å². The smallest absolute Gasteiger partial charge is 0.184 e. The van der Waals surface area contributed by atoms with E-state index in [0.29, 0.717) is 11.6 Å². The Kier molecular flexibility index (Phi) is 6.80. The van der Waals surface area contributed by atoms with Crippen molar-refractivity contribution in [2.45, 2.75) is 47.9 Å². The molecule has 0 aliphatic carbocycles. The topological polar surface area (TPSA) is 98.6 Å². The minimum absolute atomic E-state index is 0.307. The Bertz CT molecular complexity index is 930. The van der Waals surface area contributed by atoms with Crippen LogP contribution in [0.4, 0.5) is 0 Å². The van der Waals surface area contributed by atoms with E-state index in [1.807, 2.05) is 43.3 Å². The number of halogens is 1. The summed E-state index contributed by atoms with van der Waals surface area (Å²) >= 11 is 7.55. The van der Waals surface area contributed by atoms with E-state index in [9.17, 15) is 5.53 Å². The molecule has 0 amide bonds. The predicted octanol–water partition coefficient (Wildman–Crippen LogP) is 4.67. The lowest BCUT2D eigenvalue weighted by atomic mass is 9.96. The number of aryl methyl sites for hydroxylation is 1. The Balaban J connectivity index is 1.59. The van der Waals surface area contributed by atoms with Gasteiger partial charge in [0, 0.05) is 28.7 Å². The summed E-state index contributed by atoms with van der Waals surface area (Å²) in [6.45, 7) is 2.20. The standard InChI is InChI=1S/C20H21ClN4O4S/c1-11-15(8-13(21)9-23-11)30-20-18(26-2)16(24-25-22)17-14(28-20)10-27-19(29-17)12-6-4-3-5-7-12/h3-9,14,16-20H,10H2,1-2H3/t14?,16?,17-,18?,19?,20+/m0/s1. The van der Waals surface area contributed by atoms with Crippen LogP contribution in [0.25, 0.3) is 10.4 Å². The van der Waals surface area contributed by atoms with Crippen molar-refractivity contribution in [1.82, 2.24) is 4.98 Å². The lowest BCUT2D eigenvalue weighted by Gasteiger charge is -2.47. The molecule has 2 aliphatic rings. The van der Waals surface area contributed by atoms with Crippen molar-refractivity contribution in [2.75, 3.05) is 13.7 Å². The van der Waals surface area contributed by atoms with Crippen LogP contribution in [0.3, 0.4) is 0 Å². The van der Waals surface area contributed by atoms with Gasteiger partial charge in [0.15, 0.2) is 6.29 Å². The first-order valence-electron chi connectivity index (χ1n) is 9.44. The summed E-state index contributed by atoms with van der Waals surface area (Å²) in [6.07, 6.45) is -0.396. The van der Waals surface area contributed by atoms with Gasteiger partial charge in [0.05, 0.1) is 23.4 Å². The number of methoxy groups -OCH3 is 1. The minimum atomic E-state index is -0.584. The van der Waals surface area contributed by atoms with Crippen molar-refractivity contribution in [3.05, 3.63) is 69.3 Å². The zero-order valence-electron chi connectivity index (χ0n) is 16.4. The predicted molar refractivity (Wildman–Crippen MR) is 112 cm³/mol. The quantitative estimate of drug-likeness (QED) is 0.374. The van der Waals surface area contributed by atoms with Gasteiger partial charge in [0.2, 0.25) is 0 Å². The molecule has 4 rings (SSSR count). The fraction of sp³-hybridized carbons (Fsp3) is 0.450. The molecule has 0 radical (unpaired) electrons. The lowest BCUT2D eigenvalue weighted by molar-refractivity contribution is -0.298. The van der Waals surface area contributed by atoms with Crippen molar-refractivity contribution in [3.63, 3.8) is 0 Å². The Morgan fingerprint density at radius 1 is 1.30 bits per heavy atom. The number of azide groups is 1. The largest absolute Gasteiger partial charge is 0.377 e. The summed E-state index contributed by atoms with van der Waals surface area (Å²) in [5.74, 6) is 0. The van der Waals surface area contributed by atoms with Gasteiger partial charge in [-0.05, 0) is 18.5 Å². The first kappa shape index (κ1) is 21.4. The molecule has 2 fully saturated rings. The molecule has 6 atom stereocenters. The molecule has 30 heavy (non-hydrogen) atoms. The second-order valence-corrected chi connectivity index (χ2v) is 8.55. The first-order valence-corrected chi connectivity index (χ1v) is 10.7. The highest BCUT2D eigenvalue weighted by atomic mass is 35.5. The van der Waals surface area contributed by atoms with Crippen LogP contribution < -0.4 is 0 Å². The van der Waals surface area contributed by atoms with Gasteiger partial charge in [-0.3, -0.25) is 4.98 Å². The monoisotopic (exact) mass is 448 g/mol. The van der Waals surface area contributed by atoms with E-state index in [4.69, 9.17) is 30.5 Å². The number of pyridine rings is 1. The summed E-state index contributed by atoms with van der Waals surface area (Å²) in [4.78, 5) is 8.21. The molecular weight excluding hydrogens is 428 g/mol. The number of thioether (sulfide) groups is 1. The summed E-state index contributed by atoms with van der Waals surface area (Å²) < 4.78 is 24.1. The molecule has 3 heterocycles. The molecule has 1 aromatic heterocycles. The van der Waals surface area contributed by atoms with E-state index in [-0.39, 0.29) is 0 Å². The molecule has 2 aromatic rings. The maximum Gasteiger partial charge on any atom is 0.184 e. The Morgan fingerprint density at radius 2 is 2.10 bits per heavy atom. The van der Waals surface area contributed by atoms with Gasteiger partial charge in [0.1, 0.15) is 23.7 Å². The first-order chi connectivity index (χ1) is 14.6. The van der Waals surface area contributed by atoms with E-state index in [1.54, 1.807) is 13.3 Å². The van der Waals surface area contributed by atoms with Crippen LogP contribution in [0, 0.1) is 6.92 Å². The molecule has 1 aromatic carbocycles. The number of rotatable bonds is 5. The molecule has 0 bridgehead atoms. The molecule has 8 nitrogen and oxygen atoms in total. The molecule has 2 aliphatic heterocycles. The van der Waals surface area contributed by atoms with E-state index >= 15 is 0 Å². The van der Waals surface area contributed by atoms with E-state index in [1.165, 1.54) is 11.8 Å². The van der Waals surface area contributed by atoms with Crippen molar-refractivity contribution in [1.29, 1.82) is 0 Å². The number of benzene rings is 1. The Morgan fingerprint density at radius 3 is 2.83 bits per heavy atom. The SMILES string of the molecule is COC1C(N=[N+]=[N-])[C@H]2OC(c3ccccc3)OCC2O[C@@H]1Sc1cc(Cl)cnc1C. The van der Waals surface area contributed by atoms with E-state index in [2.05, 4.69) is 15.0 Å². The highest BCUT2D eigenvalue weighted by Gasteiger charge is 2.50. The molecule has 0 spiro atoms. The number of aromatic nitrogens is 1. The number of hydrogen-bond donors (Lipinski definition) is 0. The molecule has 4 unspecified atom stereocenters. The molecular formula is C20H21ClN4O4S. The highest BCUT2D eigenvalue weighted by Crippen LogP contribution is 2.41. The highest BCUT2D eigenvalue weighted by molar-refractivity contribution is 7.99. The third kappa shape index (κ3) is 4.43. The minimum Gasteiger partial charge on any atom is -0.377 e. The number of hydrogen-bond acceptors (Lipinski definition) is 7. The third-order valence-corrected chi connectivity index (χ3v) is 6.57. The zero-order chi connectivity index (χ0) is 21.1. The Hall–Kier alpha value is -1.84. The van der Waals surface area contributed by atoms with Gasteiger partial charge in [-0.15, -0.1) is 0 Å². The van der Waals surface area contributed by atoms with E-state index < -0.39 is 36.1 Å². The van der Waals surface area contributed by atoms with Gasteiger partial charge in [-0.2, -0.15) is 0 Å². The van der Waals surface area contributed by atoms with E-state index in [0.717, 1.165) is 16.2 Å². The van der Waals surface area contributed by atoms with Crippen LogP contribution in [0.5, 0.6) is 0 Å². The van der Waals surface area contributed by atoms with Crippen LogP contribution in [-0.4, -0.2) is 48.5 Å². The summed E-state index contributed by atoms with van der Waals surface area (Å²) in [6, 6.07) is 10.9. The Labute approximate surface area is 183 Å². The lowest BCUT2D eigenvalue weighted by Crippen LogP contribution is -2.60. The van der Waals surface area contributed by atoms with Crippen molar-refractivity contribution in [2.24, 2.45) is 5.11 Å². The van der Waals surface area contributed by atoms with Gasteiger partial charge < -0.3 is 18.9 Å². The molecule has 158 valence electrons. The molecule has 10 heteroatoms. The second-order valence-electron chi connectivity index (χ2n) is 6.97. The third-order valence-electron chi connectivity index (χ3n) is 5.09. The maximum absolute atomic E-state index is 9.20. The average molecular weight is 449 g/mol. The summed E-state index contributed by atoms with van der Waals surface area (Å²) in [7, 11) is 1.57. The summed E-state index contributed by atoms with van der Waals surface area (Å²) in [5.41, 5.74) is 10.5. The van der Waals surface area contributed by atoms with Crippen LogP contribution in [0.1, 0.15) is 17.5 Å². The van der Waals surface area contributed by atoms with Gasteiger partial charge in [-0.1, -0.05) is 58.8 Å². The normalized spacial score (nSPS) is 30.9. The maximum atomic E-state index is 9.20. The molecule has 2 saturated heterocycles. The van der Waals surface area contributed by atoms with Crippen LogP contribution in [0.2, 0.25) is 5.02 Å². The van der Waals surface area contributed by atoms with Gasteiger partial charge in [-0.25, -0.2) is 0 Å². The summed E-state index contributed by atoms with van der Waals surface area (Å²) in [5, 5.41) is 4.55. The average Bonchev–Trinajstić information content (AvgIpc) is 2.77.